The van der Waals surface area contributed by atoms with Crippen molar-refractivity contribution in [2.75, 3.05) is 19.8 Å². The monoisotopic (exact) mass is 785 g/mol. The van der Waals surface area contributed by atoms with Crippen molar-refractivity contribution < 1.29 is 57.6 Å². The quantitative estimate of drug-likeness (QED) is 0.153. The molecule has 0 aromatic heterocycles. The van der Waals surface area contributed by atoms with Gasteiger partial charge in [0.1, 0.15) is 36.4 Å². The van der Waals surface area contributed by atoms with Gasteiger partial charge >= 0.3 is 17.9 Å². The van der Waals surface area contributed by atoms with E-state index in [4.69, 9.17) is 33.6 Å². The van der Waals surface area contributed by atoms with Gasteiger partial charge in [-0.1, -0.05) is 50.2 Å². The number of benzene rings is 2. The fraction of sp³-hybridized carbons (Fsp3) is 0.548. The maximum atomic E-state index is 14.8. The molecule has 4 aliphatic heterocycles. The molecular weight excluding hydrogens is 738 g/mol. The molecule has 4 heterocycles. The minimum Gasteiger partial charge on any atom is -0.462 e. The van der Waals surface area contributed by atoms with E-state index in [0.717, 1.165) is 25.7 Å². The second kappa shape index (κ2) is 14.3. The molecule has 7 unspecified atom stereocenters. The Labute approximate surface area is 329 Å². The number of nitrogens with zero attached hydrogens (tertiary/aromatic N) is 1. The Kier molecular flexibility index (Phi) is 9.51. The highest BCUT2D eigenvalue weighted by molar-refractivity contribution is 5.95. The van der Waals surface area contributed by atoms with E-state index in [1.165, 1.54) is 11.1 Å². The Morgan fingerprint density at radius 2 is 1.72 bits per heavy atom. The third kappa shape index (κ3) is 6.62. The average molecular weight is 786 g/mol. The van der Waals surface area contributed by atoms with E-state index in [-0.39, 0.29) is 57.0 Å². The highest BCUT2D eigenvalue weighted by Crippen LogP contribution is 2.63. The van der Waals surface area contributed by atoms with Crippen molar-refractivity contribution >= 4 is 35.8 Å². The van der Waals surface area contributed by atoms with Crippen LogP contribution in [0, 0.1) is 22.7 Å². The summed E-state index contributed by atoms with van der Waals surface area (Å²) in [6, 6.07) is 13.0. The molecule has 2 bridgehead atoms. The van der Waals surface area contributed by atoms with Crippen LogP contribution in [0.2, 0.25) is 0 Å². The van der Waals surface area contributed by atoms with Crippen molar-refractivity contribution in [1.29, 1.82) is 0 Å². The first-order valence-corrected chi connectivity index (χ1v) is 19.8. The van der Waals surface area contributed by atoms with Gasteiger partial charge in [-0.2, -0.15) is 5.06 Å². The van der Waals surface area contributed by atoms with Crippen molar-refractivity contribution in [1.82, 2.24) is 15.7 Å². The lowest BCUT2D eigenvalue weighted by atomic mass is 9.62. The Balaban J connectivity index is 1.00. The van der Waals surface area contributed by atoms with Crippen LogP contribution in [0.25, 0.3) is 6.08 Å². The smallest absolute Gasteiger partial charge is 0.348 e. The van der Waals surface area contributed by atoms with Gasteiger partial charge in [-0.15, -0.1) is 0 Å². The van der Waals surface area contributed by atoms with Gasteiger partial charge in [0.2, 0.25) is 12.0 Å². The SMILES string of the molecule is CC1(C)COC(=O)C1OC(=O)C=Cc1ccccc1CN1OC2C3OC(C4CC4)(C4CC4)OC3C3CC2(C(=O)NCc2cccc(C(=O)NCCO)c2)C1C(=O)O3. The Hall–Kier alpha value is -4.67. The molecule has 2 amide bonds. The van der Waals surface area contributed by atoms with Gasteiger partial charge in [0.25, 0.3) is 5.91 Å². The standard InChI is InChI=1S/C42H47N3O12/c1-40(2)22-52-38(50)35(40)54-30(47)15-10-24-7-3-4-8-26(24)21-45-33-37(49)53-29-19-41(33,39(51)44-20-23-6-5-9-25(18-23)36(48)43-16-17-46)34(57-45)32-31(29)55-42(56-32,27-11-12-27)28-13-14-28/h3-10,15,18,27-29,31-35,46H,11-14,16-17,19-22H2,1-2H3,(H,43,48)(H,44,51). The Morgan fingerprint density at radius 3 is 2.44 bits per heavy atom. The topological polar surface area (TPSA) is 188 Å². The lowest BCUT2D eigenvalue weighted by Gasteiger charge is -2.48. The van der Waals surface area contributed by atoms with Crippen molar-refractivity contribution in [2.24, 2.45) is 22.7 Å². The minimum atomic E-state index is -1.42. The van der Waals surface area contributed by atoms with Gasteiger partial charge < -0.3 is 39.4 Å². The van der Waals surface area contributed by atoms with Crippen molar-refractivity contribution in [3.8, 4) is 0 Å². The van der Waals surface area contributed by atoms with Gasteiger partial charge in [0.15, 0.2) is 11.8 Å². The molecule has 57 heavy (non-hydrogen) atoms. The van der Waals surface area contributed by atoms with Crippen LogP contribution in [0.4, 0.5) is 0 Å². The number of aliphatic hydroxyl groups is 1. The number of rotatable bonds is 13. The molecule has 15 heteroatoms. The van der Waals surface area contributed by atoms with Crippen LogP contribution in [-0.4, -0.2) is 102 Å². The number of cyclic esters (lactones) is 1. The molecule has 0 spiro atoms. The summed E-state index contributed by atoms with van der Waals surface area (Å²) in [4.78, 5) is 73.6. The fourth-order valence-electron chi connectivity index (χ4n) is 9.36. The Bertz CT molecular complexity index is 2000. The normalized spacial score (nSPS) is 32.1. The molecule has 3 saturated carbocycles. The second-order valence-electron chi connectivity index (χ2n) is 17.0. The summed E-state index contributed by atoms with van der Waals surface area (Å²) in [5.41, 5.74) is 0.283. The van der Waals surface area contributed by atoms with Crippen molar-refractivity contribution in [3.63, 3.8) is 0 Å². The highest BCUT2D eigenvalue weighted by atomic mass is 16.8. The van der Waals surface area contributed by atoms with E-state index in [9.17, 15) is 24.0 Å². The first kappa shape index (κ1) is 37.9. The van der Waals surface area contributed by atoms with Crippen LogP contribution < -0.4 is 10.6 Å². The summed E-state index contributed by atoms with van der Waals surface area (Å²) in [7, 11) is 0. The predicted molar refractivity (Wildman–Crippen MR) is 197 cm³/mol. The zero-order valence-corrected chi connectivity index (χ0v) is 31.8. The van der Waals surface area contributed by atoms with Gasteiger partial charge in [0.05, 0.1) is 13.2 Å². The summed E-state index contributed by atoms with van der Waals surface area (Å²) in [5, 5.41) is 16.4. The van der Waals surface area contributed by atoms with E-state index in [0.29, 0.717) is 22.3 Å². The molecule has 302 valence electrons. The molecule has 2 aromatic carbocycles. The van der Waals surface area contributed by atoms with Crippen LogP contribution in [0.1, 0.15) is 73.0 Å². The van der Waals surface area contributed by atoms with E-state index in [1.54, 1.807) is 56.3 Å². The molecule has 3 N–H and O–H groups in total. The van der Waals surface area contributed by atoms with E-state index < -0.39 is 77.0 Å². The molecular formula is C42H47N3O12. The van der Waals surface area contributed by atoms with Crippen LogP contribution in [0.3, 0.4) is 0 Å². The molecule has 9 rings (SSSR count). The van der Waals surface area contributed by atoms with Gasteiger partial charge in [-0.25, -0.2) is 9.59 Å². The summed E-state index contributed by atoms with van der Waals surface area (Å²) >= 11 is 0. The molecule has 3 aliphatic carbocycles. The molecule has 7 fully saturated rings. The molecule has 15 nitrogen and oxygen atoms in total. The lowest BCUT2D eigenvalue weighted by Crippen LogP contribution is -2.69. The number of esters is 3. The number of amides is 2. The summed E-state index contributed by atoms with van der Waals surface area (Å²) < 4.78 is 30.5. The maximum absolute atomic E-state index is 14.8. The zero-order valence-electron chi connectivity index (χ0n) is 31.8. The first-order valence-electron chi connectivity index (χ1n) is 19.8. The third-order valence-corrected chi connectivity index (χ3v) is 12.5. The molecule has 7 atom stereocenters. The van der Waals surface area contributed by atoms with E-state index >= 15 is 0 Å². The molecule has 4 saturated heterocycles. The van der Waals surface area contributed by atoms with Crippen LogP contribution in [0.15, 0.2) is 54.6 Å². The summed E-state index contributed by atoms with van der Waals surface area (Å²) in [5.74, 6) is -3.02. The highest BCUT2D eigenvalue weighted by Gasteiger charge is 2.78. The van der Waals surface area contributed by atoms with Crippen LogP contribution >= 0.6 is 0 Å². The predicted octanol–water partition coefficient (Wildman–Crippen LogP) is 2.33. The first-order chi connectivity index (χ1) is 27.4. The number of ether oxygens (including phenoxy) is 5. The molecule has 2 aromatic rings. The van der Waals surface area contributed by atoms with E-state index in [2.05, 4.69) is 10.6 Å². The van der Waals surface area contributed by atoms with Crippen molar-refractivity contribution in [3.05, 3.63) is 76.9 Å². The maximum Gasteiger partial charge on any atom is 0.348 e. The van der Waals surface area contributed by atoms with E-state index in [1.807, 2.05) is 12.1 Å². The summed E-state index contributed by atoms with van der Waals surface area (Å²) in [6.07, 6.45) is 2.93. The van der Waals surface area contributed by atoms with Gasteiger partial charge in [-0.3, -0.25) is 19.2 Å². The zero-order chi connectivity index (χ0) is 39.7. The number of hydrogen-bond donors (Lipinski definition) is 3. The number of carbonyl (C=O) groups excluding carboxylic acids is 5. The number of hydroxylamine groups is 2. The third-order valence-electron chi connectivity index (χ3n) is 12.5. The largest absolute Gasteiger partial charge is 0.462 e. The fourth-order valence-corrected chi connectivity index (χ4v) is 9.36. The van der Waals surface area contributed by atoms with Crippen LogP contribution in [0.5, 0.6) is 0 Å². The molecule has 7 aliphatic rings. The van der Waals surface area contributed by atoms with Crippen LogP contribution in [-0.2, 0) is 60.8 Å². The number of hydrogen-bond acceptors (Lipinski definition) is 13. The average Bonchev–Trinajstić information content (AvgIpc) is 4.14. The summed E-state index contributed by atoms with van der Waals surface area (Å²) in [6.45, 7) is 3.76. The van der Waals surface area contributed by atoms with Crippen molar-refractivity contribution in [2.45, 2.75) is 101 Å². The molecule has 0 radical (unpaired) electrons. The number of nitrogens with one attached hydrogen (secondary N) is 2. The van der Waals surface area contributed by atoms with Gasteiger partial charge in [0, 0.05) is 48.4 Å². The number of aliphatic hydroxyl groups excluding tert-OH is 1. The Morgan fingerprint density at radius 1 is 0.965 bits per heavy atom. The second-order valence-corrected chi connectivity index (χ2v) is 17.0. The number of carbonyl (C=O) groups is 5. The lowest BCUT2D eigenvalue weighted by molar-refractivity contribution is -0.235. The van der Waals surface area contributed by atoms with Gasteiger partial charge in [-0.05, 0) is 60.6 Å². The number of fused-ring (bicyclic) bond motifs is 4. The minimum absolute atomic E-state index is 0.0487.